The number of aldehydes is 3. The summed E-state index contributed by atoms with van der Waals surface area (Å²) in [5.74, 6) is 8.00. The summed E-state index contributed by atoms with van der Waals surface area (Å²) < 4.78 is 20.3. The normalized spacial score (nSPS) is 11.5. The van der Waals surface area contributed by atoms with E-state index in [0.29, 0.717) is 17.9 Å². The van der Waals surface area contributed by atoms with Crippen molar-refractivity contribution >= 4 is 31.1 Å². The molecule has 0 bridgehead atoms. The Kier molecular flexibility index (Phi) is 39.0. The van der Waals surface area contributed by atoms with E-state index in [1.165, 1.54) is 17.7 Å². The van der Waals surface area contributed by atoms with Crippen LogP contribution in [0.2, 0.25) is 0 Å². The predicted molar refractivity (Wildman–Crippen MR) is 170 cm³/mol. The highest BCUT2D eigenvalue weighted by Crippen LogP contribution is 2.16. The number of alkyl halides is 1. The maximum absolute atomic E-state index is 9.98. The summed E-state index contributed by atoms with van der Waals surface area (Å²) in [6, 6.07) is 11.4. The maximum Gasteiger partial charge on any atom is 0.150 e. The van der Waals surface area contributed by atoms with Gasteiger partial charge in [0.15, 0.2) is 0 Å². The molecule has 4 rings (SSSR count). The van der Waals surface area contributed by atoms with Crippen molar-refractivity contribution in [3.8, 4) is 0 Å². The van der Waals surface area contributed by atoms with E-state index in [2.05, 4.69) is 43.7 Å². The fraction of sp³-hybridized carbons (Fsp3) is 0.233. The van der Waals surface area contributed by atoms with Gasteiger partial charge in [-0.3, -0.25) is 45.4 Å². The van der Waals surface area contributed by atoms with Crippen LogP contribution in [0.25, 0.3) is 6.08 Å². The van der Waals surface area contributed by atoms with Crippen LogP contribution in [0.1, 0.15) is 49.2 Å². The zero-order valence-electron chi connectivity index (χ0n) is 25.5. The molecule has 0 fully saturated rings. The van der Waals surface area contributed by atoms with Gasteiger partial charge in [0.2, 0.25) is 0 Å². The number of hydrogen-bond acceptors (Lipinski definition) is 11. The Morgan fingerprint density at radius 3 is 1.67 bits per heavy atom. The second kappa shape index (κ2) is 39.3. The minimum absolute atomic E-state index is 0. The number of nitrogens with two attached hydrogens (primary N) is 2. The number of hydrazine groups is 1. The highest BCUT2D eigenvalue weighted by molar-refractivity contribution is 5.74. The number of carbonyl (C=O) groups excluding carboxylic acids is 3. The molecule has 13 heteroatoms. The fourth-order valence-electron chi connectivity index (χ4n) is 2.43. The Bertz CT molecular complexity index is 1070. The van der Waals surface area contributed by atoms with Gasteiger partial charge in [-0.25, -0.2) is 0 Å². The molecule has 3 aromatic heterocycles. The molecule has 43 heavy (non-hydrogen) atoms. The van der Waals surface area contributed by atoms with Gasteiger partial charge >= 0.3 is 0 Å². The van der Waals surface area contributed by atoms with Gasteiger partial charge in [0.1, 0.15) is 18.9 Å². The first-order chi connectivity index (χ1) is 21.1. The van der Waals surface area contributed by atoms with Gasteiger partial charge in [-0.05, 0) is 73.5 Å². The van der Waals surface area contributed by atoms with Crippen LogP contribution < -0.4 is 17.1 Å². The number of hydrogen-bond donors (Lipinski definition) is 3. The second-order valence-corrected chi connectivity index (χ2v) is 6.84. The zero-order valence-corrected chi connectivity index (χ0v) is 24.5. The van der Waals surface area contributed by atoms with Crippen LogP contribution in [0.15, 0.2) is 97.4 Å². The molecule has 0 spiro atoms. The Labute approximate surface area is 254 Å². The first-order valence-corrected chi connectivity index (χ1v) is 12.4. The van der Waals surface area contributed by atoms with Crippen LogP contribution in [-0.4, -0.2) is 65.9 Å². The van der Waals surface area contributed by atoms with E-state index in [0.717, 1.165) is 37.8 Å². The number of hydrazone groups is 1. The van der Waals surface area contributed by atoms with E-state index in [-0.39, 0.29) is 5.48 Å². The summed E-state index contributed by atoms with van der Waals surface area (Å²) in [6.45, 7) is 8.78. The largest absolute Gasteiger partial charge is 0.412 e. The predicted octanol–water partition coefficient (Wildman–Crippen LogP) is 3.28. The highest BCUT2D eigenvalue weighted by Gasteiger charge is 2.11. The Morgan fingerprint density at radius 1 is 0.930 bits per heavy atom. The molecule has 3 aromatic rings. The number of allylic oxidation sites excluding steroid dienone is 2. The Hall–Kier alpha value is -4.82. The van der Waals surface area contributed by atoms with Crippen molar-refractivity contribution in [2.24, 2.45) is 16.8 Å². The topological polar surface area (TPSA) is 207 Å². The lowest BCUT2D eigenvalue weighted by Crippen LogP contribution is -2.09. The molecule has 0 radical (unpaired) electrons. The Balaban J connectivity index is -0.000000226. The van der Waals surface area contributed by atoms with Crippen molar-refractivity contribution in [1.29, 1.82) is 0 Å². The molecule has 1 unspecified atom stereocenters. The number of pyridine rings is 3. The number of halogens is 1. The molecular formula is C30H44FN7O5. The Morgan fingerprint density at radius 2 is 1.37 bits per heavy atom. The summed E-state index contributed by atoms with van der Waals surface area (Å²) in [7, 11) is -1.00. The molecule has 1 aliphatic rings. The molecule has 0 amide bonds. The van der Waals surface area contributed by atoms with E-state index in [4.69, 9.17) is 10.9 Å². The fourth-order valence-corrected chi connectivity index (χ4v) is 2.43. The van der Waals surface area contributed by atoms with Crippen LogP contribution in [0.4, 0.5) is 4.39 Å². The number of nitrogens with one attached hydrogen (secondary N) is 1. The lowest BCUT2D eigenvalue weighted by molar-refractivity contribution is -0.104. The number of rotatable bonds is 7. The van der Waals surface area contributed by atoms with Crippen molar-refractivity contribution in [1.82, 2.24) is 20.4 Å². The first-order valence-electron chi connectivity index (χ1n) is 13.1. The van der Waals surface area contributed by atoms with Crippen molar-refractivity contribution in [3.63, 3.8) is 0 Å². The molecular weight excluding hydrogens is 557 g/mol. The van der Waals surface area contributed by atoms with E-state index in [1.807, 2.05) is 44.3 Å². The molecule has 12 nitrogen and oxygen atoms in total. The van der Waals surface area contributed by atoms with Crippen molar-refractivity contribution < 1.29 is 30.4 Å². The standard InChI is InChI=1S/C8H9N3.C8H7NO.C6H5NO.C4H10O.C3H4O.CH3F.H4N2.H2O/c1-4-9-5-2-7(1)8-3-6-10-11-8;10-7-1-2-8-3-5-9-6-4-8;8-5-6-1-3-7-4-2-6;1-3-5-4-2;1-2-3-4;2*1-2;/h1-2,4-6,8,11H,3H2;1-7H;1-5H;3-4H2,1-2H3;2-3H,1H2;1H3;1-2H2;1H2/b;2-1+;;;;;;/i;;;;;1D;;. The average Bonchev–Trinajstić information content (AvgIpc) is 3.63. The molecule has 1 aliphatic heterocycles. The van der Waals surface area contributed by atoms with Crippen LogP contribution >= 0.6 is 0 Å². The van der Waals surface area contributed by atoms with Gasteiger partial charge in [-0.15, -0.1) is 0 Å². The van der Waals surface area contributed by atoms with E-state index >= 15 is 0 Å². The number of ether oxygens (including phenoxy) is 1. The van der Waals surface area contributed by atoms with Gasteiger partial charge < -0.3 is 15.6 Å². The second-order valence-electron chi connectivity index (χ2n) is 6.84. The van der Waals surface area contributed by atoms with Gasteiger partial charge in [0, 0.05) is 68.6 Å². The third-order valence-corrected chi connectivity index (χ3v) is 4.19. The summed E-state index contributed by atoms with van der Waals surface area (Å²) >= 11 is 0. The van der Waals surface area contributed by atoms with E-state index < -0.39 is 7.15 Å². The van der Waals surface area contributed by atoms with Crippen LogP contribution in [0, 0.1) is 0 Å². The monoisotopic (exact) mass is 602 g/mol. The highest BCUT2D eigenvalue weighted by atomic mass is 19.1. The van der Waals surface area contributed by atoms with E-state index in [1.54, 1.807) is 55.4 Å². The number of aromatic nitrogens is 3. The summed E-state index contributed by atoms with van der Waals surface area (Å²) in [5, 5.41) is 3.95. The zero-order chi connectivity index (χ0) is 32.8. The minimum Gasteiger partial charge on any atom is -0.412 e. The molecule has 0 aliphatic carbocycles. The summed E-state index contributed by atoms with van der Waals surface area (Å²) in [6.07, 6.45) is 19.6. The lowest BCUT2D eigenvalue weighted by Gasteiger charge is -2.07. The van der Waals surface area contributed by atoms with Crippen LogP contribution in [-0.2, 0) is 14.3 Å². The van der Waals surface area contributed by atoms with Crippen LogP contribution in [0.3, 0.4) is 0 Å². The molecule has 0 saturated heterocycles. The summed E-state index contributed by atoms with van der Waals surface area (Å²) in [4.78, 5) is 40.4. The summed E-state index contributed by atoms with van der Waals surface area (Å²) in [5.41, 5.74) is 5.92. The quantitative estimate of drug-likeness (QED) is 0.156. The minimum atomic E-state index is -1.00. The SMILES string of the molecule is C1=NNC(c2ccncc2)C1.C=CC=O.CCOCC.NN.O.O=C/C=C/c1ccncc1.O=Cc1ccncc1.[2H]CF. The first kappa shape index (κ1) is 42.6. The van der Waals surface area contributed by atoms with Gasteiger partial charge in [0.25, 0.3) is 0 Å². The van der Waals surface area contributed by atoms with Crippen molar-refractivity contribution in [2.75, 3.05) is 20.4 Å². The van der Waals surface area contributed by atoms with Gasteiger partial charge in [-0.2, -0.15) is 5.10 Å². The maximum atomic E-state index is 9.98. The van der Waals surface area contributed by atoms with Gasteiger partial charge in [0.05, 0.1) is 14.6 Å². The molecule has 4 heterocycles. The molecule has 7 N–H and O–H groups in total. The van der Waals surface area contributed by atoms with E-state index in [9.17, 15) is 14.0 Å². The molecule has 0 saturated carbocycles. The lowest BCUT2D eigenvalue weighted by atomic mass is 10.1. The molecule has 1 atom stereocenters. The third-order valence-electron chi connectivity index (χ3n) is 4.19. The molecule has 0 aromatic carbocycles. The third kappa shape index (κ3) is 30.0. The number of nitrogens with zero attached hydrogens (tertiary/aromatic N) is 4. The van der Waals surface area contributed by atoms with Gasteiger partial charge in [-0.1, -0.05) is 12.7 Å². The van der Waals surface area contributed by atoms with Crippen LogP contribution in [0.5, 0.6) is 0 Å². The number of carbonyl (C=O) groups is 3. The molecule has 236 valence electrons. The van der Waals surface area contributed by atoms with Crippen molar-refractivity contribution in [2.45, 2.75) is 26.3 Å². The smallest absolute Gasteiger partial charge is 0.150 e. The average molecular weight is 603 g/mol. The van der Waals surface area contributed by atoms with Crippen molar-refractivity contribution in [3.05, 3.63) is 109 Å².